The molecule has 0 saturated heterocycles. The van der Waals surface area contributed by atoms with E-state index in [9.17, 15) is 9.59 Å². The van der Waals surface area contributed by atoms with E-state index in [0.717, 1.165) is 20.7 Å². The first kappa shape index (κ1) is 17.3. The first-order valence-electron chi connectivity index (χ1n) is 6.64. The third-order valence-corrected chi connectivity index (χ3v) is 6.35. The first-order chi connectivity index (χ1) is 11.4. The molecule has 5 nitrogen and oxygen atoms in total. The van der Waals surface area contributed by atoms with Gasteiger partial charge in [0.2, 0.25) is 0 Å². The van der Waals surface area contributed by atoms with Crippen LogP contribution in [-0.2, 0) is 4.74 Å². The van der Waals surface area contributed by atoms with Gasteiger partial charge in [-0.2, -0.15) is 0 Å². The molecule has 0 atom stereocenters. The van der Waals surface area contributed by atoms with Crippen LogP contribution in [0.25, 0.3) is 21.3 Å². The van der Waals surface area contributed by atoms with E-state index >= 15 is 0 Å². The summed E-state index contributed by atoms with van der Waals surface area (Å²) in [5.41, 5.74) is 0.224. The number of methoxy groups -OCH3 is 1. The van der Waals surface area contributed by atoms with E-state index in [1.54, 1.807) is 13.0 Å². The average molecular weight is 446 g/mol. The predicted octanol–water partition coefficient (Wildman–Crippen LogP) is 4.64. The van der Waals surface area contributed by atoms with Gasteiger partial charge in [0.15, 0.2) is 5.82 Å². The van der Waals surface area contributed by atoms with Crippen molar-refractivity contribution in [1.82, 2.24) is 9.97 Å². The molecule has 0 aliphatic rings. The highest BCUT2D eigenvalue weighted by atomic mass is 79.9. The number of nitrogens with one attached hydrogen (secondary N) is 1. The van der Waals surface area contributed by atoms with Crippen LogP contribution in [0.4, 0.5) is 0 Å². The number of aromatic amines is 1. The molecule has 0 saturated carbocycles. The number of ether oxygens (including phenoxy) is 1. The van der Waals surface area contributed by atoms with Gasteiger partial charge >= 0.3 is 5.97 Å². The van der Waals surface area contributed by atoms with Gasteiger partial charge < -0.3 is 9.72 Å². The summed E-state index contributed by atoms with van der Waals surface area (Å²) in [5, 5.41) is 2.63. The Morgan fingerprint density at radius 2 is 2.25 bits per heavy atom. The van der Waals surface area contributed by atoms with Gasteiger partial charge in [-0.3, -0.25) is 4.79 Å². The number of thiophene rings is 2. The molecule has 0 spiro atoms. The van der Waals surface area contributed by atoms with Crippen molar-refractivity contribution in [2.24, 2.45) is 0 Å². The van der Waals surface area contributed by atoms with Crippen molar-refractivity contribution in [3.8, 4) is 0 Å². The molecular weight excluding hydrogens is 436 g/mol. The number of aromatic nitrogens is 2. The van der Waals surface area contributed by atoms with Crippen LogP contribution in [0.5, 0.6) is 0 Å². The van der Waals surface area contributed by atoms with E-state index in [2.05, 4.69) is 25.9 Å². The van der Waals surface area contributed by atoms with Gasteiger partial charge in [-0.25, -0.2) is 9.78 Å². The number of halogens is 2. The Hall–Kier alpha value is -1.48. The third kappa shape index (κ3) is 3.19. The molecular formula is C15H10BrClN2O3S2. The van der Waals surface area contributed by atoms with Crippen LogP contribution in [0.1, 0.15) is 25.9 Å². The largest absolute Gasteiger partial charge is 0.465 e. The minimum Gasteiger partial charge on any atom is -0.465 e. The molecule has 3 rings (SSSR count). The molecule has 3 aromatic rings. The monoisotopic (exact) mass is 444 g/mol. The number of fused-ring (bicyclic) bond motifs is 1. The molecule has 0 bridgehead atoms. The normalized spacial score (nSPS) is 11.9. The number of esters is 1. The lowest BCUT2D eigenvalue weighted by Crippen LogP contribution is -2.10. The van der Waals surface area contributed by atoms with Gasteiger partial charge in [0.05, 0.1) is 17.5 Å². The topological polar surface area (TPSA) is 72.0 Å². The van der Waals surface area contributed by atoms with Gasteiger partial charge in [0.1, 0.15) is 9.71 Å². The number of hydrogen-bond donors (Lipinski definition) is 1. The number of carbonyl (C=O) groups excluding carboxylic acids is 1. The molecule has 0 aromatic carbocycles. The average Bonchev–Trinajstić information content (AvgIpc) is 3.10. The van der Waals surface area contributed by atoms with Crippen molar-refractivity contribution in [1.29, 1.82) is 0 Å². The summed E-state index contributed by atoms with van der Waals surface area (Å²) in [5.74, 6) is -0.224. The van der Waals surface area contributed by atoms with E-state index < -0.39 is 5.97 Å². The van der Waals surface area contributed by atoms with Gasteiger partial charge in [-0.15, -0.1) is 22.7 Å². The maximum Gasteiger partial charge on any atom is 0.348 e. The lowest BCUT2D eigenvalue weighted by molar-refractivity contribution is 0.0605. The summed E-state index contributed by atoms with van der Waals surface area (Å²) in [7, 11) is 1.30. The summed E-state index contributed by atoms with van der Waals surface area (Å²) < 4.78 is 5.69. The first-order valence-corrected chi connectivity index (χ1v) is 9.50. The third-order valence-electron chi connectivity index (χ3n) is 3.25. The molecule has 0 aliphatic heterocycles. The summed E-state index contributed by atoms with van der Waals surface area (Å²) >= 11 is 12.3. The zero-order chi connectivity index (χ0) is 17.4. The Balaban J connectivity index is 2.12. The summed E-state index contributed by atoms with van der Waals surface area (Å²) in [4.78, 5) is 33.0. The van der Waals surface area contributed by atoms with E-state index in [0.29, 0.717) is 25.7 Å². The standard InChI is InChI=1S/C15H10BrClN2O3S2/c1-6-10-13(20)18-12(9(17)4-8-3-7(16)5-23-8)19-14(10)24-11(6)15(21)22-2/h3-5H,1-2H3,(H,18,19,20)/b9-4-. The smallest absolute Gasteiger partial charge is 0.348 e. The molecule has 0 unspecified atom stereocenters. The second kappa shape index (κ2) is 6.79. The van der Waals surface area contributed by atoms with Crippen molar-refractivity contribution >= 4 is 77.5 Å². The Labute approximate surface area is 158 Å². The SMILES string of the molecule is COC(=O)c1sc2nc(/C(Cl)=C/c3cc(Br)cs3)[nH]c(=O)c2c1C. The Morgan fingerprint density at radius 1 is 1.50 bits per heavy atom. The molecule has 124 valence electrons. The molecule has 3 heterocycles. The van der Waals surface area contributed by atoms with Crippen LogP contribution < -0.4 is 5.56 Å². The fourth-order valence-electron chi connectivity index (χ4n) is 2.14. The van der Waals surface area contributed by atoms with Crippen molar-refractivity contribution in [2.45, 2.75) is 6.92 Å². The van der Waals surface area contributed by atoms with Gasteiger partial charge in [-0.1, -0.05) is 11.6 Å². The second-order valence-electron chi connectivity index (χ2n) is 4.80. The van der Waals surface area contributed by atoms with Gasteiger partial charge in [0, 0.05) is 14.7 Å². The maximum atomic E-state index is 12.4. The lowest BCUT2D eigenvalue weighted by atomic mass is 10.2. The van der Waals surface area contributed by atoms with Gasteiger partial charge in [0.25, 0.3) is 5.56 Å². The minimum atomic E-state index is -0.485. The predicted molar refractivity (Wildman–Crippen MR) is 102 cm³/mol. The zero-order valence-electron chi connectivity index (χ0n) is 12.5. The number of hydrogen-bond acceptors (Lipinski definition) is 6. The van der Waals surface area contributed by atoms with Crippen LogP contribution in [0.2, 0.25) is 0 Å². The summed E-state index contributed by atoms with van der Waals surface area (Å²) in [6.45, 7) is 1.70. The number of aryl methyl sites for hydroxylation is 1. The van der Waals surface area contributed by atoms with Crippen molar-refractivity contribution in [2.75, 3.05) is 7.11 Å². The molecule has 3 aromatic heterocycles. The summed E-state index contributed by atoms with van der Waals surface area (Å²) in [6.07, 6.45) is 1.72. The number of H-pyrrole nitrogens is 1. The summed E-state index contributed by atoms with van der Waals surface area (Å²) in [6, 6.07) is 1.91. The van der Waals surface area contributed by atoms with Crippen molar-refractivity contribution in [3.05, 3.63) is 47.4 Å². The number of carbonyl (C=O) groups is 1. The molecule has 1 N–H and O–H groups in total. The highest BCUT2D eigenvalue weighted by Crippen LogP contribution is 2.30. The van der Waals surface area contributed by atoms with E-state index in [1.807, 2.05) is 11.4 Å². The molecule has 0 amide bonds. The van der Waals surface area contributed by atoms with Crippen LogP contribution in [0.15, 0.2) is 20.7 Å². The molecule has 9 heteroatoms. The molecule has 0 radical (unpaired) electrons. The van der Waals surface area contributed by atoms with Crippen LogP contribution in [-0.4, -0.2) is 23.0 Å². The van der Waals surface area contributed by atoms with E-state index in [4.69, 9.17) is 16.3 Å². The molecule has 0 aliphatic carbocycles. The highest BCUT2D eigenvalue weighted by molar-refractivity contribution is 9.10. The fraction of sp³-hybridized carbons (Fsp3) is 0.133. The Bertz CT molecular complexity index is 1040. The number of nitrogens with zero attached hydrogens (tertiary/aromatic N) is 1. The van der Waals surface area contributed by atoms with Crippen LogP contribution in [0.3, 0.4) is 0 Å². The maximum absolute atomic E-state index is 12.4. The Morgan fingerprint density at radius 3 is 2.88 bits per heavy atom. The molecule has 0 fully saturated rings. The van der Waals surface area contributed by atoms with Crippen LogP contribution >= 0.6 is 50.2 Å². The Kier molecular flexibility index (Phi) is 4.91. The van der Waals surface area contributed by atoms with Crippen LogP contribution in [0, 0.1) is 6.92 Å². The zero-order valence-corrected chi connectivity index (χ0v) is 16.5. The van der Waals surface area contributed by atoms with E-state index in [-0.39, 0.29) is 11.4 Å². The molecule has 24 heavy (non-hydrogen) atoms. The fourth-order valence-corrected chi connectivity index (χ4v) is 4.89. The minimum absolute atomic E-state index is 0.261. The highest BCUT2D eigenvalue weighted by Gasteiger charge is 2.20. The second-order valence-corrected chi connectivity index (χ2v) is 8.07. The quantitative estimate of drug-likeness (QED) is 0.596. The van der Waals surface area contributed by atoms with Crippen molar-refractivity contribution in [3.63, 3.8) is 0 Å². The van der Waals surface area contributed by atoms with Gasteiger partial charge in [-0.05, 0) is 40.6 Å². The lowest BCUT2D eigenvalue weighted by Gasteiger charge is -1.99. The number of rotatable bonds is 3. The van der Waals surface area contributed by atoms with E-state index in [1.165, 1.54) is 18.4 Å². The van der Waals surface area contributed by atoms with Crippen molar-refractivity contribution < 1.29 is 9.53 Å².